The molecular weight excluding hydrogens is 697 g/mol. The summed E-state index contributed by atoms with van der Waals surface area (Å²) in [5.74, 6) is -0.0195. The van der Waals surface area contributed by atoms with Crippen molar-refractivity contribution in [3.63, 3.8) is 0 Å². The summed E-state index contributed by atoms with van der Waals surface area (Å²) >= 11 is 0. The van der Waals surface area contributed by atoms with Gasteiger partial charge in [-0.1, -0.05) is 12.1 Å². The minimum atomic E-state index is -0.606. The van der Waals surface area contributed by atoms with Gasteiger partial charge in [0.25, 0.3) is 0 Å². The number of aryl methyl sites for hydroxylation is 1. The SMILES string of the molecule is COC(=O)c1ccc(OCCCCN(C(C)C)[C@H]2CC[C@H](O[C@H]3C[C@H](Oc4ccc(-c5ccc6c7cnccc7n(C)c6c5)cn4)C3)CC2)cc1C(=O)OC. The standard InChI is InChI=1S/C44H52N4O7/c1-28(2)48(20-6-7-21-53-33-14-16-37(43(49)51-4)38(25-33)44(50)52-5)31-10-12-32(13-11-31)54-34-23-35(24-34)55-42-17-9-30(26-46-42)29-8-15-36-39-27-45-19-18-40(39)47(3)41(36)22-29/h8-9,14-19,22,25-28,31-32,34-35H,6-7,10-13,20-21,23-24H2,1-5H3/t31-,32-,34-,35-. The number of fused-ring (bicyclic) bond motifs is 3. The van der Waals surface area contributed by atoms with Crippen molar-refractivity contribution < 1.29 is 33.3 Å². The van der Waals surface area contributed by atoms with Crippen LogP contribution in [0.25, 0.3) is 32.9 Å². The molecule has 290 valence electrons. The molecule has 5 aromatic rings. The summed E-state index contributed by atoms with van der Waals surface area (Å²) in [5, 5.41) is 2.36. The first-order chi connectivity index (χ1) is 26.7. The zero-order valence-corrected chi connectivity index (χ0v) is 32.5. The van der Waals surface area contributed by atoms with Crippen LogP contribution in [-0.4, -0.2) is 89.1 Å². The monoisotopic (exact) mass is 748 g/mol. The molecule has 0 amide bonds. The molecule has 0 radical (unpaired) electrons. The van der Waals surface area contributed by atoms with E-state index in [1.807, 2.05) is 24.7 Å². The largest absolute Gasteiger partial charge is 0.494 e. The first kappa shape index (κ1) is 38.3. The zero-order valence-electron chi connectivity index (χ0n) is 32.5. The molecule has 7 rings (SSSR count). The highest BCUT2D eigenvalue weighted by Gasteiger charge is 2.36. The summed E-state index contributed by atoms with van der Waals surface area (Å²) in [4.78, 5) is 35.9. The van der Waals surface area contributed by atoms with Crippen LogP contribution in [0.3, 0.4) is 0 Å². The molecule has 0 aliphatic heterocycles. The van der Waals surface area contributed by atoms with Gasteiger partial charge in [0.15, 0.2) is 0 Å². The van der Waals surface area contributed by atoms with Gasteiger partial charge in [0.1, 0.15) is 11.9 Å². The summed E-state index contributed by atoms with van der Waals surface area (Å²) in [7, 11) is 4.65. The van der Waals surface area contributed by atoms with Crippen molar-refractivity contribution in [1.82, 2.24) is 19.4 Å². The summed E-state index contributed by atoms with van der Waals surface area (Å²) in [5.41, 5.74) is 4.82. The Morgan fingerprint density at radius 3 is 2.29 bits per heavy atom. The van der Waals surface area contributed by atoms with Gasteiger partial charge >= 0.3 is 11.9 Å². The van der Waals surface area contributed by atoms with Gasteiger partial charge in [0.2, 0.25) is 5.88 Å². The molecule has 0 bridgehead atoms. The van der Waals surface area contributed by atoms with E-state index >= 15 is 0 Å². The molecule has 11 nitrogen and oxygen atoms in total. The lowest BCUT2D eigenvalue weighted by molar-refractivity contribution is -0.111. The molecule has 3 aromatic heterocycles. The maximum atomic E-state index is 12.2. The highest BCUT2D eigenvalue weighted by atomic mass is 16.5. The topological polar surface area (TPSA) is 114 Å². The Hall–Kier alpha value is -5.00. The number of aromatic nitrogens is 3. The number of hydrogen-bond acceptors (Lipinski definition) is 10. The van der Waals surface area contributed by atoms with E-state index in [9.17, 15) is 9.59 Å². The fourth-order valence-electron chi connectivity index (χ4n) is 8.16. The third kappa shape index (κ3) is 8.63. The van der Waals surface area contributed by atoms with Crippen LogP contribution in [0.15, 0.2) is 73.2 Å². The van der Waals surface area contributed by atoms with E-state index < -0.39 is 11.9 Å². The summed E-state index contributed by atoms with van der Waals surface area (Å²) in [6.45, 7) is 6.06. The Morgan fingerprint density at radius 1 is 0.800 bits per heavy atom. The smallest absolute Gasteiger partial charge is 0.338 e. The quantitative estimate of drug-likeness (QED) is 0.0768. The van der Waals surface area contributed by atoms with Gasteiger partial charge in [-0.3, -0.25) is 9.88 Å². The highest BCUT2D eigenvalue weighted by Crippen LogP contribution is 2.35. The van der Waals surface area contributed by atoms with E-state index in [-0.39, 0.29) is 23.3 Å². The number of methoxy groups -OCH3 is 2. The molecule has 2 aliphatic rings. The van der Waals surface area contributed by atoms with E-state index in [0.717, 1.165) is 74.4 Å². The Morgan fingerprint density at radius 2 is 1.56 bits per heavy atom. The van der Waals surface area contributed by atoms with Gasteiger partial charge < -0.3 is 28.3 Å². The Bertz CT molecular complexity index is 2100. The maximum Gasteiger partial charge on any atom is 0.338 e. The highest BCUT2D eigenvalue weighted by molar-refractivity contribution is 6.08. The molecule has 11 heteroatoms. The van der Waals surface area contributed by atoms with Crippen LogP contribution in [0, 0.1) is 0 Å². The fraction of sp³-hybridized carbons (Fsp3) is 0.455. The van der Waals surface area contributed by atoms with Crippen LogP contribution >= 0.6 is 0 Å². The van der Waals surface area contributed by atoms with Gasteiger partial charge in [0.05, 0.1) is 49.7 Å². The average Bonchev–Trinajstić information content (AvgIpc) is 3.48. The summed E-state index contributed by atoms with van der Waals surface area (Å²) in [6.07, 6.45) is 14.4. The lowest BCUT2D eigenvalue weighted by Crippen LogP contribution is -2.46. The first-order valence-electron chi connectivity index (χ1n) is 19.5. The van der Waals surface area contributed by atoms with Crippen LogP contribution < -0.4 is 9.47 Å². The van der Waals surface area contributed by atoms with E-state index in [0.29, 0.717) is 36.4 Å². The van der Waals surface area contributed by atoms with Gasteiger partial charge in [0, 0.05) is 78.5 Å². The van der Waals surface area contributed by atoms with Gasteiger partial charge in [-0.2, -0.15) is 0 Å². The van der Waals surface area contributed by atoms with Crippen LogP contribution in [0.5, 0.6) is 11.6 Å². The number of nitrogens with zero attached hydrogens (tertiary/aromatic N) is 4. The van der Waals surface area contributed by atoms with Crippen LogP contribution in [0.1, 0.15) is 85.9 Å². The van der Waals surface area contributed by atoms with Crippen LogP contribution in [0.4, 0.5) is 0 Å². The molecule has 0 unspecified atom stereocenters. The lowest BCUT2D eigenvalue weighted by Gasteiger charge is -2.42. The maximum absolute atomic E-state index is 12.2. The van der Waals surface area contributed by atoms with Gasteiger partial charge in [-0.25, -0.2) is 14.6 Å². The van der Waals surface area contributed by atoms with Crippen molar-refractivity contribution in [2.45, 2.75) is 95.6 Å². The lowest BCUT2D eigenvalue weighted by atomic mass is 9.88. The second-order valence-corrected chi connectivity index (χ2v) is 15.0. The average molecular weight is 749 g/mol. The number of hydrogen-bond donors (Lipinski definition) is 0. The minimum Gasteiger partial charge on any atom is -0.494 e. The van der Waals surface area contributed by atoms with E-state index in [1.165, 1.54) is 36.7 Å². The Balaban J connectivity index is 0.813. The Labute approximate surface area is 322 Å². The van der Waals surface area contributed by atoms with E-state index in [2.05, 4.69) is 70.7 Å². The molecule has 2 saturated carbocycles. The normalized spacial score (nSPS) is 19.8. The van der Waals surface area contributed by atoms with Crippen molar-refractivity contribution in [3.05, 3.63) is 84.3 Å². The van der Waals surface area contributed by atoms with E-state index in [4.69, 9.17) is 23.7 Å². The molecule has 0 N–H and O–H groups in total. The van der Waals surface area contributed by atoms with Crippen molar-refractivity contribution in [2.75, 3.05) is 27.4 Å². The molecule has 2 aliphatic carbocycles. The molecule has 3 heterocycles. The fourth-order valence-corrected chi connectivity index (χ4v) is 8.16. The number of pyridine rings is 2. The zero-order chi connectivity index (χ0) is 38.5. The van der Waals surface area contributed by atoms with E-state index in [1.54, 1.807) is 12.1 Å². The Kier molecular flexibility index (Phi) is 12.0. The molecule has 2 aromatic carbocycles. The number of esters is 2. The van der Waals surface area contributed by atoms with Crippen LogP contribution in [0.2, 0.25) is 0 Å². The van der Waals surface area contributed by atoms with Crippen molar-refractivity contribution >= 4 is 33.7 Å². The third-order valence-corrected chi connectivity index (χ3v) is 11.3. The number of benzene rings is 2. The minimum absolute atomic E-state index is 0.132. The van der Waals surface area contributed by atoms with Crippen molar-refractivity contribution in [3.8, 4) is 22.8 Å². The molecule has 0 spiro atoms. The van der Waals surface area contributed by atoms with Crippen molar-refractivity contribution in [1.29, 1.82) is 0 Å². The third-order valence-electron chi connectivity index (χ3n) is 11.3. The molecule has 0 atom stereocenters. The van der Waals surface area contributed by atoms with Gasteiger partial charge in [-0.05, 0) is 101 Å². The first-order valence-corrected chi connectivity index (χ1v) is 19.5. The number of unbranched alkanes of at least 4 members (excludes halogenated alkanes) is 1. The van der Waals surface area contributed by atoms with Crippen molar-refractivity contribution in [2.24, 2.45) is 7.05 Å². The summed E-state index contributed by atoms with van der Waals surface area (Å²) in [6, 6.07) is 18.4. The second kappa shape index (κ2) is 17.2. The van der Waals surface area contributed by atoms with Gasteiger partial charge in [-0.15, -0.1) is 0 Å². The second-order valence-electron chi connectivity index (χ2n) is 15.0. The molecule has 0 saturated heterocycles. The predicted molar refractivity (Wildman–Crippen MR) is 212 cm³/mol. The number of ether oxygens (including phenoxy) is 5. The predicted octanol–water partition coefficient (Wildman–Crippen LogP) is 8.17. The molecular formula is C44H52N4O7. The summed E-state index contributed by atoms with van der Waals surface area (Å²) < 4.78 is 30.6. The molecule has 55 heavy (non-hydrogen) atoms. The number of rotatable bonds is 15. The number of carbonyl (C=O) groups is 2. The molecule has 2 fully saturated rings. The number of carbonyl (C=O) groups excluding carboxylic acids is 2. The van der Waals surface area contributed by atoms with Crippen LogP contribution in [-0.2, 0) is 21.3 Å².